The summed E-state index contributed by atoms with van der Waals surface area (Å²) in [6, 6.07) is 6.97. The van der Waals surface area contributed by atoms with Gasteiger partial charge in [0.05, 0.1) is 12.5 Å². The molecule has 0 aliphatic carbocycles. The number of anilines is 1. The lowest BCUT2D eigenvalue weighted by Crippen LogP contribution is -2.34. The molecule has 2 rings (SSSR count). The Balaban J connectivity index is 2.03. The highest BCUT2D eigenvalue weighted by Gasteiger charge is 2.31. The molecule has 25 heavy (non-hydrogen) atoms. The third kappa shape index (κ3) is 6.34. The molecule has 2 aromatic rings. The van der Waals surface area contributed by atoms with Gasteiger partial charge in [-0.1, -0.05) is 12.1 Å². The number of amides is 3. The molecule has 0 saturated heterocycles. The summed E-state index contributed by atoms with van der Waals surface area (Å²) >= 11 is 1.33. The monoisotopic (exact) mass is 373 g/mol. The highest BCUT2D eigenvalue weighted by molar-refractivity contribution is 7.10. The van der Waals surface area contributed by atoms with Crippen molar-refractivity contribution < 1.29 is 27.5 Å². The molecule has 0 aliphatic heterocycles. The molecule has 1 aromatic heterocycles. The van der Waals surface area contributed by atoms with Crippen molar-refractivity contribution in [3.05, 3.63) is 46.7 Å². The van der Waals surface area contributed by atoms with E-state index in [-0.39, 0.29) is 12.1 Å². The highest BCUT2D eigenvalue weighted by Crippen LogP contribution is 2.26. The van der Waals surface area contributed by atoms with Crippen LogP contribution < -0.4 is 21.1 Å². The molecule has 6 nitrogen and oxygen atoms in total. The molecule has 3 amide bonds. The first kappa shape index (κ1) is 18.6. The van der Waals surface area contributed by atoms with Gasteiger partial charge in [-0.15, -0.1) is 24.5 Å². The van der Waals surface area contributed by atoms with E-state index in [1.165, 1.54) is 23.5 Å². The Hall–Kier alpha value is -2.75. The summed E-state index contributed by atoms with van der Waals surface area (Å²) in [5.74, 6) is -0.952. The van der Waals surface area contributed by atoms with Crippen molar-refractivity contribution in [3.8, 4) is 5.75 Å². The number of urea groups is 1. The standard InChI is InChI=1S/C15H14F3N3O3S/c16-15(17,18)24-10-4-1-3-9(7-10)20-13(22)8-11(21-14(19)23)12-5-2-6-25-12/h1-7,11H,8H2,(H,20,22)(H3,19,21,23). The fraction of sp³-hybridized carbons (Fsp3) is 0.200. The maximum atomic E-state index is 12.2. The van der Waals surface area contributed by atoms with Crippen LogP contribution >= 0.6 is 11.3 Å². The van der Waals surface area contributed by atoms with E-state index in [2.05, 4.69) is 15.4 Å². The molecule has 0 radical (unpaired) electrons. The third-order valence-electron chi connectivity index (χ3n) is 2.94. The second kappa shape index (κ2) is 7.88. The fourth-order valence-corrected chi connectivity index (χ4v) is 2.83. The van der Waals surface area contributed by atoms with Gasteiger partial charge in [-0.3, -0.25) is 4.79 Å². The minimum Gasteiger partial charge on any atom is -0.406 e. The number of hydrogen-bond acceptors (Lipinski definition) is 4. The number of halogens is 3. The second-order valence-electron chi connectivity index (χ2n) is 4.90. The van der Waals surface area contributed by atoms with Crippen LogP contribution in [0.5, 0.6) is 5.75 Å². The van der Waals surface area contributed by atoms with Crippen LogP contribution in [0.2, 0.25) is 0 Å². The van der Waals surface area contributed by atoms with E-state index in [0.717, 1.165) is 17.0 Å². The van der Waals surface area contributed by atoms with Gasteiger partial charge < -0.3 is 21.1 Å². The normalized spacial score (nSPS) is 12.3. The van der Waals surface area contributed by atoms with Crippen molar-refractivity contribution in [1.29, 1.82) is 0 Å². The summed E-state index contributed by atoms with van der Waals surface area (Å²) < 4.78 is 40.5. The summed E-state index contributed by atoms with van der Waals surface area (Å²) in [7, 11) is 0. The molecule has 1 atom stereocenters. The molecule has 1 aromatic carbocycles. The number of carbonyl (C=O) groups excluding carboxylic acids is 2. The fourth-order valence-electron chi connectivity index (χ4n) is 2.05. The van der Waals surface area contributed by atoms with E-state index in [9.17, 15) is 22.8 Å². The number of thiophene rings is 1. The molecule has 0 aliphatic rings. The van der Waals surface area contributed by atoms with Gasteiger partial charge in [-0.2, -0.15) is 0 Å². The minimum atomic E-state index is -4.82. The molecule has 1 heterocycles. The van der Waals surface area contributed by atoms with Crippen LogP contribution in [0, 0.1) is 0 Å². The SMILES string of the molecule is NC(=O)NC(CC(=O)Nc1cccc(OC(F)(F)F)c1)c1cccs1. The lowest BCUT2D eigenvalue weighted by atomic mass is 10.1. The van der Waals surface area contributed by atoms with E-state index in [4.69, 9.17) is 5.73 Å². The molecule has 0 spiro atoms. The number of alkyl halides is 3. The number of ether oxygens (including phenoxy) is 1. The number of benzene rings is 1. The zero-order valence-corrected chi connectivity index (χ0v) is 13.5. The van der Waals surface area contributed by atoms with Crippen molar-refractivity contribution in [2.45, 2.75) is 18.8 Å². The Bertz CT molecular complexity index is 735. The molecular weight excluding hydrogens is 359 g/mol. The Morgan fingerprint density at radius 2 is 2.00 bits per heavy atom. The quantitative estimate of drug-likeness (QED) is 0.725. The molecule has 10 heteroatoms. The van der Waals surface area contributed by atoms with Gasteiger partial charge in [0.2, 0.25) is 5.91 Å². The van der Waals surface area contributed by atoms with Crippen molar-refractivity contribution in [2.24, 2.45) is 5.73 Å². The van der Waals surface area contributed by atoms with Gasteiger partial charge in [0, 0.05) is 16.6 Å². The summed E-state index contributed by atoms with van der Waals surface area (Å²) in [5, 5.41) is 6.69. The van der Waals surface area contributed by atoms with Crippen molar-refractivity contribution in [1.82, 2.24) is 5.32 Å². The van der Waals surface area contributed by atoms with Gasteiger partial charge in [-0.05, 0) is 23.6 Å². The smallest absolute Gasteiger partial charge is 0.406 e. The van der Waals surface area contributed by atoms with Crippen LogP contribution in [0.3, 0.4) is 0 Å². The molecule has 0 bridgehead atoms. The molecular formula is C15H14F3N3O3S. The Kier molecular flexibility index (Phi) is 5.86. The van der Waals surface area contributed by atoms with Crippen LogP contribution in [0.15, 0.2) is 41.8 Å². The number of rotatable bonds is 6. The number of nitrogens with one attached hydrogen (secondary N) is 2. The molecule has 0 fully saturated rings. The first-order chi connectivity index (χ1) is 11.7. The first-order valence-electron chi connectivity index (χ1n) is 6.98. The van der Waals surface area contributed by atoms with E-state index in [1.54, 1.807) is 17.5 Å². The van der Waals surface area contributed by atoms with Crippen LogP contribution in [0.25, 0.3) is 0 Å². The van der Waals surface area contributed by atoms with Gasteiger partial charge in [0.25, 0.3) is 0 Å². The average Bonchev–Trinajstić information content (AvgIpc) is 2.98. The van der Waals surface area contributed by atoms with Crippen LogP contribution in [-0.2, 0) is 4.79 Å². The van der Waals surface area contributed by atoms with Crippen LogP contribution in [0.4, 0.5) is 23.7 Å². The van der Waals surface area contributed by atoms with Gasteiger partial charge in [0.1, 0.15) is 5.75 Å². The number of primary amides is 1. The largest absolute Gasteiger partial charge is 0.573 e. The first-order valence-corrected chi connectivity index (χ1v) is 7.86. The lowest BCUT2D eigenvalue weighted by Gasteiger charge is -2.16. The van der Waals surface area contributed by atoms with Crippen LogP contribution in [-0.4, -0.2) is 18.3 Å². The van der Waals surface area contributed by atoms with Gasteiger partial charge in [0.15, 0.2) is 0 Å². The Morgan fingerprint density at radius 1 is 1.24 bits per heavy atom. The van der Waals surface area contributed by atoms with Crippen molar-refractivity contribution >= 4 is 29.0 Å². The molecule has 0 saturated carbocycles. The Morgan fingerprint density at radius 3 is 2.60 bits per heavy atom. The number of hydrogen-bond donors (Lipinski definition) is 3. The van der Waals surface area contributed by atoms with Gasteiger partial charge in [-0.25, -0.2) is 4.79 Å². The molecule has 1 unspecified atom stereocenters. The van der Waals surface area contributed by atoms with E-state index < -0.39 is 30.1 Å². The van der Waals surface area contributed by atoms with Crippen molar-refractivity contribution in [2.75, 3.05) is 5.32 Å². The van der Waals surface area contributed by atoms with E-state index in [0.29, 0.717) is 0 Å². The third-order valence-corrected chi connectivity index (χ3v) is 3.93. The lowest BCUT2D eigenvalue weighted by molar-refractivity contribution is -0.274. The van der Waals surface area contributed by atoms with E-state index >= 15 is 0 Å². The maximum Gasteiger partial charge on any atom is 0.573 e. The molecule has 134 valence electrons. The summed E-state index contributed by atoms with van der Waals surface area (Å²) in [5.41, 5.74) is 5.24. The minimum absolute atomic E-state index is 0.131. The van der Waals surface area contributed by atoms with Gasteiger partial charge >= 0.3 is 12.4 Å². The zero-order valence-electron chi connectivity index (χ0n) is 12.7. The second-order valence-corrected chi connectivity index (χ2v) is 5.88. The van der Waals surface area contributed by atoms with Crippen LogP contribution in [0.1, 0.15) is 17.3 Å². The average molecular weight is 373 g/mol. The number of carbonyl (C=O) groups is 2. The summed E-state index contributed by atoms with van der Waals surface area (Å²) in [4.78, 5) is 23.9. The topological polar surface area (TPSA) is 93.5 Å². The van der Waals surface area contributed by atoms with Crippen molar-refractivity contribution in [3.63, 3.8) is 0 Å². The number of nitrogens with two attached hydrogens (primary N) is 1. The predicted molar refractivity (Wildman–Crippen MR) is 86.2 cm³/mol. The highest BCUT2D eigenvalue weighted by atomic mass is 32.1. The van der Waals surface area contributed by atoms with E-state index in [1.807, 2.05) is 0 Å². The Labute approximate surface area is 144 Å². The zero-order chi connectivity index (χ0) is 18.4. The summed E-state index contributed by atoms with van der Waals surface area (Å²) in [6.45, 7) is 0. The summed E-state index contributed by atoms with van der Waals surface area (Å²) in [6.07, 6.45) is -4.95. The predicted octanol–water partition coefficient (Wildman–Crippen LogP) is 3.38. The molecule has 4 N–H and O–H groups in total. The maximum absolute atomic E-state index is 12.2.